The molecule has 14 heavy (non-hydrogen) atoms. The van der Waals surface area contributed by atoms with Crippen molar-refractivity contribution in [3.8, 4) is 0 Å². The van der Waals surface area contributed by atoms with Crippen LogP contribution in [-0.2, 0) is 0 Å². The Bertz CT molecular complexity index is 254. The van der Waals surface area contributed by atoms with Crippen molar-refractivity contribution in [3.05, 3.63) is 11.1 Å². The summed E-state index contributed by atoms with van der Waals surface area (Å²) in [6.45, 7) is 7.31. The van der Waals surface area contributed by atoms with Gasteiger partial charge in [-0.1, -0.05) is 11.1 Å². The van der Waals surface area contributed by atoms with Gasteiger partial charge >= 0.3 is 0 Å². The van der Waals surface area contributed by atoms with Crippen LogP contribution in [0, 0.1) is 5.41 Å². The summed E-state index contributed by atoms with van der Waals surface area (Å²) in [6, 6.07) is 0. The molecule has 1 aliphatic heterocycles. The van der Waals surface area contributed by atoms with Crippen molar-refractivity contribution in [2.75, 3.05) is 20.1 Å². The fraction of sp³-hybridized carbons (Fsp3) is 0.846. The van der Waals surface area contributed by atoms with Crippen LogP contribution in [0.15, 0.2) is 11.1 Å². The zero-order valence-corrected chi connectivity index (χ0v) is 9.90. The predicted octanol–water partition coefficient (Wildman–Crippen LogP) is 3.22. The minimum atomic E-state index is 0.606. The lowest BCUT2D eigenvalue weighted by molar-refractivity contribution is 0.288. The van der Waals surface area contributed by atoms with E-state index < -0.39 is 0 Å². The van der Waals surface area contributed by atoms with E-state index in [0.29, 0.717) is 5.41 Å². The van der Waals surface area contributed by atoms with Gasteiger partial charge in [-0.15, -0.1) is 0 Å². The van der Waals surface area contributed by atoms with Crippen LogP contribution in [-0.4, -0.2) is 25.0 Å². The number of nitrogens with zero attached hydrogens (tertiary/aromatic N) is 1. The Labute approximate surface area is 88.2 Å². The topological polar surface area (TPSA) is 3.24 Å². The molecule has 1 heterocycles. The molecule has 0 unspecified atom stereocenters. The van der Waals surface area contributed by atoms with Crippen molar-refractivity contribution in [3.63, 3.8) is 0 Å². The molecule has 1 fully saturated rings. The van der Waals surface area contributed by atoms with E-state index in [1.807, 2.05) is 0 Å². The van der Waals surface area contributed by atoms with Crippen LogP contribution in [0.5, 0.6) is 0 Å². The molecule has 0 radical (unpaired) electrons. The van der Waals surface area contributed by atoms with Crippen molar-refractivity contribution in [2.45, 2.75) is 46.0 Å². The normalized spacial score (nSPS) is 35.4. The van der Waals surface area contributed by atoms with Gasteiger partial charge in [0.15, 0.2) is 0 Å². The van der Waals surface area contributed by atoms with E-state index in [-0.39, 0.29) is 0 Å². The lowest BCUT2D eigenvalue weighted by atomic mass is 9.75. The second kappa shape index (κ2) is 3.69. The van der Waals surface area contributed by atoms with E-state index in [2.05, 4.69) is 25.8 Å². The van der Waals surface area contributed by atoms with Crippen molar-refractivity contribution in [2.24, 2.45) is 5.41 Å². The first-order chi connectivity index (χ1) is 6.64. The molecule has 0 aromatic carbocycles. The van der Waals surface area contributed by atoms with Crippen LogP contribution < -0.4 is 0 Å². The van der Waals surface area contributed by atoms with Crippen LogP contribution in [0.2, 0.25) is 0 Å². The van der Waals surface area contributed by atoms with Gasteiger partial charge in [0.2, 0.25) is 0 Å². The number of hydrogen-bond acceptors (Lipinski definition) is 1. The zero-order valence-electron chi connectivity index (χ0n) is 9.90. The number of rotatable bonds is 0. The minimum Gasteiger partial charge on any atom is -0.306 e. The third-order valence-electron chi connectivity index (χ3n) is 4.58. The van der Waals surface area contributed by atoms with Gasteiger partial charge < -0.3 is 4.90 Å². The third kappa shape index (κ3) is 1.63. The lowest BCUT2D eigenvalue weighted by Gasteiger charge is -2.30. The summed E-state index contributed by atoms with van der Waals surface area (Å²) in [5.41, 5.74) is 4.01. The van der Waals surface area contributed by atoms with E-state index >= 15 is 0 Å². The highest BCUT2D eigenvalue weighted by molar-refractivity contribution is 5.25. The Hall–Kier alpha value is -0.300. The first kappa shape index (κ1) is 10.2. The molecule has 0 bridgehead atoms. The van der Waals surface area contributed by atoms with Crippen LogP contribution in [0.1, 0.15) is 46.0 Å². The van der Waals surface area contributed by atoms with Crippen molar-refractivity contribution >= 4 is 0 Å². The Morgan fingerprint density at radius 3 is 2.50 bits per heavy atom. The fourth-order valence-electron chi connectivity index (χ4n) is 3.21. The molecule has 0 aromatic heterocycles. The molecule has 0 saturated carbocycles. The lowest BCUT2D eigenvalue weighted by Crippen LogP contribution is -2.23. The van der Waals surface area contributed by atoms with E-state index in [4.69, 9.17) is 0 Å². The number of hydrogen-bond donors (Lipinski definition) is 0. The molecule has 1 nitrogen and oxygen atoms in total. The maximum absolute atomic E-state index is 2.50. The predicted molar refractivity (Wildman–Crippen MR) is 61.4 cm³/mol. The quantitative estimate of drug-likeness (QED) is 0.534. The largest absolute Gasteiger partial charge is 0.306 e. The highest BCUT2D eigenvalue weighted by Gasteiger charge is 2.37. The molecular formula is C13H23N. The summed E-state index contributed by atoms with van der Waals surface area (Å²) >= 11 is 0. The summed E-state index contributed by atoms with van der Waals surface area (Å²) in [4.78, 5) is 2.50. The van der Waals surface area contributed by atoms with Gasteiger partial charge in [-0.25, -0.2) is 0 Å². The molecule has 1 heteroatoms. The standard InChI is InChI=1S/C13H23N/c1-11-5-7-13(12(11)2)6-4-9-14(3)10-8-13/h4-10H2,1-3H3/t13-/m0/s1. The maximum Gasteiger partial charge on any atom is -0.00134 e. The van der Waals surface area contributed by atoms with Gasteiger partial charge in [-0.2, -0.15) is 0 Å². The average molecular weight is 193 g/mol. The van der Waals surface area contributed by atoms with Crippen LogP contribution in [0.3, 0.4) is 0 Å². The minimum absolute atomic E-state index is 0.606. The molecule has 0 N–H and O–H groups in total. The Balaban J connectivity index is 2.16. The first-order valence-electron chi connectivity index (χ1n) is 5.99. The molecule has 1 spiro atoms. The Kier molecular flexibility index (Phi) is 2.70. The molecule has 1 saturated heterocycles. The van der Waals surface area contributed by atoms with Gasteiger partial charge in [0.25, 0.3) is 0 Å². The maximum atomic E-state index is 2.50. The van der Waals surface area contributed by atoms with Crippen LogP contribution in [0.25, 0.3) is 0 Å². The average Bonchev–Trinajstić information content (AvgIpc) is 2.38. The summed E-state index contributed by atoms with van der Waals surface area (Å²) in [6.07, 6.45) is 7.00. The Morgan fingerprint density at radius 1 is 1.07 bits per heavy atom. The highest BCUT2D eigenvalue weighted by atomic mass is 15.1. The molecule has 0 amide bonds. The monoisotopic (exact) mass is 193 g/mol. The van der Waals surface area contributed by atoms with Crippen molar-refractivity contribution in [1.82, 2.24) is 4.90 Å². The molecule has 80 valence electrons. The molecule has 1 aliphatic carbocycles. The molecule has 2 aliphatic rings. The van der Waals surface area contributed by atoms with Gasteiger partial charge in [0.1, 0.15) is 0 Å². The van der Waals surface area contributed by atoms with Gasteiger partial charge in [0, 0.05) is 0 Å². The molecule has 2 rings (SSSR count). The summed E-state index contributed by atoms with van der Waals surface area (Å²) in [5.74, 6) is 0. The van der Waals surface area contributed by atoms with E-state index in [9.17, 15) is 0 Å². The first-order valence-corrected chi connectivity index (χ1v) is 5.99. The number of likely N-dealkylation sites (tertiary alicyclic amines) is 1. The molecule has 0 aromatic rings. The third-order valence-corrected chi connectivity index (χ3v) is 4.58. The van der Waals surface area contributed by atoms with Crippen LogP contribution >= 0.6 is 0 Å². The smallest absolute Gasteiger partial charge is 0.00134 e. The molecular weight excluding hydrogens is 170 g/mol. The second-order valence-electron chi connectivity index (χ2n) is 5.34. The van der Waals surface area contributed by atoms with Gasteiger partial charge in [-0.3, -0.25) is 0 Å². The van der Waals surface area contributed by atoms with Gasteiger partial charge in [-0.05, 0) is 71.5 Å². The van der Waals surface area contributed by atoms with Crippen molar-refractivity contribution < 1.29 is 0 Å². The summed E-state index contributed by atoms with van der Waals surface area (Å²) in [5, 5.41) is 0. The number of allylic oxidation sites excluding steroid dienone is 2. The van der Waals surface area contributed by atoms with E-state index in [0.717, 1.165) is 0 Å². The Morgan fingerprint density at radius 2 is 1.86 bits per heavy atom. The van der Waals surface area contributed by atoms with Crippen LogP contribution in [0.4, 0.5) is 0 Å². The SMILES string of the molecule is CC1=C(C)[C@@]2(CCCN(C)CC2)CC1. The van der Waals surface area contributed by atoms with E-state index in [1.165, 1.54) is 45.2 Å². The summed E-state index contributed by atoms with van der Waals surface area (Å²) in [7, 11) is 2.26. The van der Waals surface area contributed by atoms with Crippen molar-refractivity contribution in [1.29, 1.82) is 0 Å². The second-order valence-corrected chi connectivity index (χ2v) is 5.34. The van der Waals surface area contributed by atoms with Gasteiger partial charge in [0.05, 0.1) is 0 Å². The zero-order chi connectivity index (χ0) is 10.2. The highest BCUT2D eigenvalue weighted by Crippen LogP contribution is 2.49. The summed E-state index contributed by atoms with van der Waals surface area (Å²) < 4.78 is 0. The molecule has 1 atom stereocenters. The fourth-order valence-corrected chi connectivity index (χ4v) is 3.21. The van der Waals surface area contributed by atoms with E-state index in [1.54, 1.807) is 11.1 Å².